The Labute approximate surface area is 153 Å². The molecule has 1 aromatic carbocycles. The Morgan fingerprint density at radius 3 is 2.80 bits per heavy atom. The molecule has 0 aliphatic rings. The van der Waals surface area contributed by atoms with E-state index in [1.54, 1.807) is 31.2 Å². The van der Waals surface area contributed by atoms with E-state index in [1.807, 2.05) is 0 Å². The van der Waals surface area contributed by atoms with Crippen molar-refractivity contribution in [3.63, 3.8) is 0 Å². The summed E-state index contributed by atoms with van der Waals surface area (Å²) >= 11 is 2.63. The molecular formula is C16H17N3O4S2. The van der Waals surface area contributed by atoms with E-state index in [0.29, 0.717) is 15.6 Å². The first-order valence-corrected chi connectivity index (χ1v) is 9.05. The van der Waals surface area contributed by atoms with Gasteiger partial charge in [0, 0.05) is 10.6 Å². The van der Waals surface area contributed by atoms with Crippen molar-refractivity contribution in [3.8, 4) is 0 Å². The molecule has 2 rings (SSSR count). The summed E-state index contributed by atoms with van der Waals surface area (Å²) in [6.45, 7) is 1.80. The fourth-order valence-corrected chi connectivity index (χ4v) is 4.00. The fraction of sp³-hybridized carbons (Fsp3) is 0.250. The van der Waals surface area contributed by atoms with Gasteiger partial charge in [0.25, 0.3) is 0 Å². The van der Waals surface area contributed by atoms with Crippen LogP contribution in [0.2, 0.25) is 0 Å². The summed E-state index contributed by atoms with van der Waals surface area (Å²) in [6, 6.07) is 6.50. The Morgan fingerprint density at radius 2 is 2.12 bits per heavy atom. The smallest absolute Gasteiger partial charge is 0.337 e. The topological polar surface area (TPSA) is 111 Å². The summed E-state index contributed by atoms with van der Waals surface area (Å²) in [5.74, 6) is -0.945. The number of thiazole rings is 1. The number of anilines is 1. The Balaban J connectivity index is 1.93. The van der Waals surface area contributed by atoms with Crippen LogP contribution < -0.4 is 11.1 Å². The van der Waals surface area contributed by atoms with Crippen molar-refractivity contribution in [2.24, 2.45) is 5.73 Å². The minimum Gasteiger partial charge on any atom is -0.465 e. The van der Waals surface area contributed by atoms with Gasteiger partial charge in [0.1, 0.15) is 0 Å². The third-order valence-electron chi connectivity index (χ3n) is 3.10. The van der Waals surface area contributed by atoms with Gasteiger partial charge < -0.3 is 15.8 Å². The average Bonchev–Trinajstić information content (AvgIpc) is 2.91. The second kappa shape index (κ2) is 8.63. The minimum atomic E-state index is -0.467. The number of ether oxygens (including phenoxy) is 1. The summed E-state index contributed by atoms with van der Waals surface area (Å²) in [7, 11) is 1.30. The molecule has 1 heterocycles. The summed E-state index contributed by atoms with van der Waals surface area (Å²) in [6.07, 6.45) is 0.149. The molecule has 0 saturated heterocycles. The lowest BCUT2D eigenvalue weighted by molar-refractivity contribution is -0.117. The highest BCUT2D eigenvalue weighted by Gasteiger charge is 2.13. The van der Waals surface area contributed by atoms with Gasteiger partial charge in [0.05, 0.1) is 30.5 Å². The number of thioether (sulfide) groups is 1. The van der Waals surface area contributed by atoms with Gasteiger partial charge in [-0.2, -0.15) is 0 Å². The number of methoxy groups -OCH3 is 1. The zero-order chi connectivity index (χ0) is 18.4. The number of amides is 2. The van der Waals surface area contributed by atoms with E-state index >= 15 is 0 Å². The molecule has 132 valence electrons. The number of carbonyl (C=O) groups excluding carboxylic acids is 3. The minimum absolute atomic E-state index is 0.149. The molecule has 0 unspecified atom stereocenters. The van der Waals surface area contributed by atoms with E-state index in [1.165, 1.54) is 30.2 Å². The van der Waals surface area contributed by atoms with Crippen molar-refractivity contribution in [1.82, 2.24) is 4.98 Å². The van der Waals surface area contributed by atoms with Crippen LogP contribution in [0.15, 0.2) is 28.6 Å². The molecule has 0 aliphatic carbocycles. The van der Waals surface area contributed by atoms with Gasteiger partial charge in [0.2, 0.25) is 11.8 Å². The van der Waals surface area contributed by atoms with E-state index in [4.69, 9.17) is 5.73 Å². The number of benzene rings is 1. The van der Waals surface area contributed by atoms with E-state index in [2.05, 4.69) is 15.0 Å². The van der Waals surface area contributed by atoms with Crippen LogP contribution in [0.3, 0.4) is 0 Å². The van der Waals surface area contributed by atoms with E-state index in [0.717, 1.165) is 10.6 Å². The highest BCUT2D eigenvalue weighted by molar-refractivity contribution is 8.01. The zero-order valence-electron chi connectivity index (χ0n) is 13.7. The second-order valence-electron chi connectivity index (χ2n) is 5.04. The molecule has 0 spiro atoms. The van der Waals surface area contributed by atoms with Crippen LogP contribution in [0.4, 0.5) is 5.69 Å². The van der Waals surface area contributed by atoms with Gasteiger partial charge in [-0.3, -0.25) is 9.59 Å². The summed E-state index contributed by atoms with van der Waals surface area (Å²) in [5, 5.41) is 2.72. The average molecular weight is 379 g/mol. The van der Waals surface area contributed by atoms with Gasteiger partial charge in [0.15, 0.2) is 4.34 Å². The first-order valence-electron chi connectivity index (χ1n) is 7.24. The SMILES string of the molecule is COC(=O)c1cccc(NC(=O)CSc2nc(C)c(CC(N)=O)s2)c1. The van der Waals surface area contributed by atoms with Gasteiger partial charge >= 0.3 is 5.97 Å². The Morgan fingerprint density at radius 1 is 1.36 bits per heavy atom. The van der Waals surface area contributed by atoms with Crippen molar-refractivity contribution < 1.29 is 19.1 Å². The first-order chi connectivity index (χ1) is 11.9. The molecule has 0 atom stereocenters. The number of carbonyl (C=O) groups is 3. The molecular weight excluding hydrogens is 362 g/mol. The van der Waals surface area contributed by atoms with Gasteiger partial charge in [-0.25, -0.2) is 9.78 Å². The molecule has 25 heavy (non-hydrogen) atoms. The molecule has 1 aromatic heterocycles. The van der Waals surface area contributed by atoms with E-state index < -0.39 is 11.9 Å². The largest absolute Gasteiger partial charge is 0.465 e. The van der Waals surface area contributed by atoms with Crippen LogP contribution in [0.5, 0.6) is 0 Å². The predicted octanol–water partition coefficient (Wildman–Crippen LogP) is 2.00. The molecule has 7 nitrogen and oxygen atoms in total. The van der Waals surface area contributed by atoms with E-state index in [-0.39, 0.29) is 18.1 Å². The number of nitrogens with one attached hydrogen (secondary N) is 1. The quantitative estimate of drug-likeness (QED) is 0.562. The maximum absolute atomic E-state index is 12.1. The van der Waals surface area contributed by atoms with Gasteiger partial charge in [-0.15, -0.1) is 11.3 Å². The van der Waals surface area contributed by atoms with Crippen LogP contribution in [0.25, 0.3) is 0 Å². The van der Waals surface area contributed by atoms with Crippen LogP contribution in [0.1, 0.15) is 20.9 Å². The molecule has 0 radical (unpaired) electrons. The normalized spacial score (nSPS) is 10.3. The Kier molecular flexibility index (Phi) is 6.54. The lowest BCUT2D eigenvalue weighted by Gasteiger charge is -2.06. The van der Waals surface area contributed by atoms with Crippen LogP contribution in [0, 0.1) is 6.92 Å². The molecule has 3 N–H and O–H groups in total. The van der Waals surface area contributed by atoms with Crippen molar-refractivity contribution in [2.45, 2.75) is 17.7 Å². The molecule has 0 bridgehead atoms. The van der Waals surface area contributed by atoms with Crippen molar-refractivity contribution in [1.29, 1.82) is 0 Å². The number of esters is 1. The number of primary amides is 1. The molecule has 2 aromatic rings. The van der Waals surface area contributed by atoms with Crippen molar-refractivity contribution in [3.05, 3.63) is 40.4 Å². The fourth-order valence-electron chi connectivity index (χ4n) is 1.95. The number of nitrogens with zero attached hydrogens (tertiary/aromatic N) is 1. The third kappa shape index (κ3) is 5.57. The van der Waals surface area contributed by atoms with Gasteiger partial charge in [-0.05, 0) is 25.1 Å². The van der Waals surface area contributed by atoms with Crippen LogP contribution >= 0.6 is 23.1 Å². The van der Waals surface area contributed by atoms with Gasteiger partial charge in [-0.1, -0.05) is 17.8 Å². The van der Waals surface area contributed by atoms with Crippen LogP contribution in [-0.4, -0.2) is 35.6 Å². The summed E-state index contributed by atoms with van der Waals surface area (Å²) in [5.41, 5.74) is 6.81. The lowest BCUT2D eigenvalue weighted by Crippen LogP contribution is -2.14. The highest BCUT2D eigenvalue weighted by atomic mass is 32.2. The summed E-state index contributed by atoms with van der Waals surface area (Å²) < 4.78 is 5.35. The molecule has 0 fully saturated rings. The van der Waals surface area contributed by atoms with E-state index in [9.17, 15) is 14.4 Å². The van der Waals surface area contributed by atoms with Crippen molar-refractivity contribution in [2.75, 3.05) is 18.2 Å². The molecule has 0 saturated carbocycles. The second-order valence-corrected chi connectivity index (χ2v) is 7.35. The molecule has 9 heteroatoms. The number of hydrogen-bond acceptors (Lipinski definition) is 7. The monoisotopic (exact) mass is 379 g/mol. The Bertz CT molecular complexity index is 804. The standard InChI is InChI=1S/C16H17N3O4S2/c1-9-12(7-13(17)20)25-16(18-9)24-8-14(21)19-11-5-3-4-10(6-11)15(22)23-2/h3-6H,7-8H2,1-2H3,(H2,17,20)(H,19,21). The number of aryl methyl sites for hydroxylation is 1. The van der Waals surface area contributed by atoms with Crippen molar-refractivity contribution >= 4 is 46.6 Å². The number of rotatable bonds is 7. The molecule has 0 aliphatic heterocycles. The number of nitrogens with two attached hydrogens (primary N) is 1. The van der Waals surface area contributed by atoms with Crippen LogP contribution in [-0.2, 0) is 20.7 Å². The Hall–Kier alpha value is -2.39. The highest BCUT2D eigenvalue weighted by Crippen LogP contribution is 2.27. The zero-order valence-corrected chi connectivity index (χ0v) is 15.3. The predicted molar refractivity (Wildman–Crippen MR) is 96.9 cm³/mol. The number of hydrogen-bond donors (Lipinski definition) is 2. The third-order valence-corrected chi connectivity index (χ3v) is 5.40. The maximum atomic E-state index is 12.1. The first kappa shape index (κ1) is 18.9. The molecule has 2 amide bonds. The maximum Gasteiger partial charge on any atom is 0.337 e. The lowest BCUT2D eigenvalue weighted by atomic mass is 10.2. The summed E-state index contributed by atoms with van der Waals surface area (Å²) in [4.78, 5) is 39.7. The number of aromatic nitrogens is 1.